The van der Waals surface area contributed by atoms with Crippen LogP contribution in [0.15, 0.2) is 18.3 Å². The van der Waals surface area contributed by atoms with Crippen molar-refractivity contribution in [3.8, 4) is 0 Å². The number of anilines is 1. The Morgan fingerprint density at radius 2 is 2.25 bits per heavy atom. The summed E-state index contributed by atoms with van der Waals surface area (Å²) in [5, 5.41) is 3.15. The maximum absolute atomic E-state index is 12.7. The first-order valence-electron chi connectivity index (χ1n) is 6.86. The molecule has 3 nitrogen and oxygen atoms in total. The van der Waals surface area contributed by atoms with E-state index in [0.29, 0.717) is 12.5 Å². The van der Waals surface area contributed by atoms with Crippen molar-refractivity contribution in [3.63, 3.8) is 0 Å². The minimum absolute atomic E-state index is 0.249. The quantitative estimate of drug-likeness (QED) is 0.895. The first-order valence-corrected chi connectivity index (χ1v) is 6.86. The third kappa shape index (κ3) is 3.42. The number of pyridine rings is 1. The molecule has 0 spiro atoms. The summed E-state index contributed by atoms with van der Waals surface area (Å²) >= 11 is 0. The lowest BCUT2D eigenvalue weighted by atomic mass is 9.76. The van der Waals surface area contributed by atoms with Gasteiger partial charge in [-0.05, 0) is 30.9 Å². The monoisotopic (exact) mass is 287 g/mol. The highest BCUT2D eigenvalue weighted by atomic mass is 19.4. The van der Waals surface area contributed by atoms with Gasteiger partial charge in [0.1, 0.15) is 5.82 Å². The van der Waals surface area contributed by atoms with E-state index in [1.165, 1.54) is 6.20 Å². The van der Waals surface area contributed by atoms with Gasteiger partial charge in [0.2, 0.25) is 0 Å². The van der Waals surface area contributed by atoms with E-state index in [1.807, 2.05) is 0 Å². The van der Waals surface area contributed by atoms with Gasteiger partial charge in [0.05, 0.1) is 11.1 Å². The van der Waals surface area contributed by atoms with Gasteiger partial charge in [-0.25, -0.2) is 4.98 Å². The van der Waals surface area contributed by atoms with E-state index in [0.717, 1.165) is 37.8 Å². The first-order chi connectivity index (χ1) is 9.35. The fourth-order valence-corrected chi connectivity index (χ4v) is 2.96. The van der Waals surface area contributed by atoms with Crippen molar-refractivity contribution in [1.82, 2.24) is 4.98 Å². The number of hydrogen-bond donors (Lipinski definition) is 2. The van der Waals surface area contributed by atoms with Gasteiger partial charge >= 0.3 is 6.18 Å². The van der Waals surface area contributed by atoms with E-state index < -0.39 is 11.7 Å². The summed E-state index contributed by atoms with van der Waals surface area (Å²) in [6.07, 6.45) is 0.730. The molecule has 2 unspecified atom stereocenters. The SMILES string of the molecule is CC1CCCC(CN)(Nc2cc(C(F)(F)F)ccn2)C1. The van der Waals surface area contributed by atoms with E-state index >= 15 is 0 Å². The maximum atomic E-state index is 12.7. The van der Waals surface area contributed by atoms with E-state index in [1.54, 1.807) is 0 Å². The number of nitrogens with one attached hydrogen (secondary N) is 1. The molecule has 6 heteroatoms. The summed E-state index contributed by atoms with van der Waals surface area (Å²) < 4.78 is 38.1. The number of nitrogens with zero attached hydrogens (tertiary/aromatic N) is 1. The molecular weight excluding hydrogens is 267 g/mol. The molecular formula is C14H20F3N3. The highest BCUT2D eigenvalue weighted by molar-refractivity contribution is 5.41. The molecule has 1 fully saturated rings. The smallest absolute Gasteiger partial charge is 0.363 e. The predicted molar refractivity (Wildman–Crippen MR) is 72.3 cm³/mol. The summed E-state index contributed by atoms with van der Waals surface area (Å²) in [5.41, 5.74) is 4.83. The molecule has 0 amide bonds. The molecule has 1 saturated carbocycles. The van der Waals surface area contributed by atoms with Gasteiger partial charge < -0.3 is 11.1 Å². The van der Waals surface area contributed by atoms with Crippen molar-refractivity contribution in [3.05, 3.63) is 23.9 Å². The van der Waals surface area contributed by atoms with Crippen LogP contribution in [0.1, 0.15) is 38.2 Å². The molecule has 1 aromatic rings. The zero-order valence-corrected chi connectivity index (χ0v) is 11.5. The molecule has 0 aliphatic heterocycles. The normalized spacial score (nSPS) is 27.4. The Hall–Kier alpha value is -1.30. The van der Waals surface area contributed by atoms with E-state index in [-0.39, 0.29) is 11.4 Å². The Labute approximate surface area is 116 Å². The van der Waals surface area contributed by atoms with Crippen LogP contribution in [0.4, 0.5) is 19.0 Å². The molecule has 0 radical (unpaired) electrons. The predicted octanol–water partition coefficient (Wildman–Crippen LogP) is 3.42. The van der Waals surface area contributed by atoms with E-state index in [4.69, 9.17) is 5.73 Å². The van der Waals surface area contributed by atoms with Crippen molar-refractivity contribution < 1.29 is 13.2 Å². The second kappa shape index (κ2) is 5.60. The highest BCUT2D eigenvalue weighted by Crippen LogP contribution is 2.35. The van der Waals surface area contributed by atoms with Crippen LogP contribution in [0.25, 0.3) is 0 Å². The van der Waals surface area contributed by atoms with Gasteiger partial charge in [-0.15, -0.1) is 0 Å². The molecule has 2 atom stereocenters. The molecule has 2 rings (SSSR count). The number of hydrogen-bond acceptors (Lipinski definition) is 3. The lowest BCUT2D eigenvalue weighted by Crippen LogP contribution is -2.48. The van der Waals surface area contributed by atoms with Crippen LogP contribution in [0.2, 0.25) is 0 Å². The average Bonchev–Trinajstić information content (AvgIpc) is 2.38. The summed E-state index contributed by atoms with van der Waals surface area (Å²) in [4.78, 5) is 4.00. The van der Waals surface area contributed by atoms with Crippen molar-refractivity contribution in [2.45, 2.75) is 44.3 Å². The van der Waals surface area contributed by atoms with Crippen LogP contribution in [-0.4, -0.2) is 17.1 Å². The zero-order valence-electron chi connectivity index (χ0n) is 11.5. The van der Waals surface area contributed by atoms with Crippen LogP contribution >= 0.6 is 0 Å². The highest BCUT2D eigenvalue weighted by Gasteiger charge is 2.35. The number of rotatable bonds is 3. The molecule has 1 heterocycles. The topological polar surface area (TPSA) is 50.9 Å². The third-order valence-electron chi connectivity index (χ3n) is 3.96. The maximum Gasteiger partial charge on any atom is 0.416 e. The largest absolute Gasteiger partial charge is 0.416 e. The second-order valence-electron chi connectivity index (χ2n) is 5.74. The van der Waals surface area contributed by atoms with Crippen molar-refractivity contribution in [1.29, 1.82) is 0 Å². The summed E-state index contributed by atoms with van der Waals surface area (Å²) in [5.74, 6) is 0.768. The Morgan fingerprint density at radius 1 is 1.50 bits per heavy atom. The molecule has 0 saturated heterocycles. The molecule has 20 heavy (non-hydrogen) atoms. The van der Waals surface area contributed by atoms with Gasteiger partial charge in [0, 0.05) is 12.7 Å². The van der Waals surface area contributed by atoms with Gasteiger partial charge in [-0.3, -0.25) is 0 Å². The molecule has 1 aliphatic carbocycles. The number of aromatic nitrogens is 1. The van der Waals surface area contributed by atoms with Crippen molar-refractivity contribution in [2.75, 3.05) is 11.9 Å². The molecule has 3 N–H and O–H groups in total. The fraction of sp³-hybridized carbons (Fsp3) is 0.643. The van der Waals surface area contributed by atoms with Gasteiger partial charge in [-0.1, -0.05) is 19.8 Å². The Bertz CT molecular complexity index is 461. The van der Waals surface area contributed by atoms with Crippen LogP contribution in [-0.2, 0) is 6.18 Å². The van der Waals surface area contributed by atoms with Gasteiger partial charge in [0.15, 0.2) is 0 Å². The number of nitrogens with two attached hydrogens (primary N) is 1. The summed E-state index contributed by atoms with van der Waals surface area (Å²) in [6.45, 7) is 2.54. The van der Waals surface area contributed by atoms with Crippen LogP contribution in [0, 0.1) is 5.92 Å². The van der Waals surface area contributed by atoms with Gasteiger partial charge in [-0.2, -0.15) is 13.2 Å². The Kier molecular flexibility index (Phi) is 4.22. The first kappa shape index (κ1) is 15.1. The number of halogens is 3. The standard InChI is InChI=1S/C14H20F3N3/c1-10-3-2-5-13(8-10,9-18)20-12-7-11(4-6-19-12)14(15,16)17/h4,6-7,10H,2-3,5,8-9,18H2,1H3,(H,19,20). The summed E-state index contributed by atoms with van der Waals surface area (Å²) in [6, 6.07) is 2.03. The van der Waals surface area contributed by atoms with Crippen molar-refractivity contribution in [2.24, 2.45) is 11.7 Å². The number of alkyl halides is 3. The summed E-state index contributed by atoms with van der Waals surface area (Å²) in [7, 11) is 0. The van der Waals surface area contributed by atoms with E-state index in [9.17, 15) is 13.2 Å². The minimum atomic E-state index is -4.35. The molecule has 1 aliphatic rings. The van der Waals surface area contributed by atoms with E-state index in [2.05, 4.69) is 17.2 Å². The second-order valence-corrected chi connectivity index (χ2v) is 5.74. The molecule has 1 aromatic heterocycles. The zero-order chi connectivity index (χ0) is 14.8. The van der Waals surface area contributed by atoms with Crippen LogP contribution < -0.4 is 11.1 Å². The Morgan fingerprint density at radius 3 is 2.85 bits per heavy atom. The average molecular weight is 287 g/mol. The lowest BCUT2D eigenvalue weighted by molar-refractivity contribution is -0.137. The van der Waals surface area contributed by atoms with Crippen LogP contribution in [0.5, 0.6) is 0 Å². The van der Waals surface area contributed by atoms with Crippen LogP contribution in [0.3, 0.4) is 0 Å². The molecule has 0 bridgehead atoms. The fourth-order valence-electron chi connectivity index (χ4n) is 2.96. The minimum Gasteiger partial charge on any atom is -0.363 e. The molecule has 112 valence electrons. The Balaban J connectivity index is 2.19. The van der Waals surface area contributed by atoms with Crippen molar-refractivity contribution >= 4 is 5.82 Å². The lowest BCUT2D eigenvalue weighted by Gasteiger charge is -2.40. The molecule has 0 aromatic carbocycles. The third-order valence-corrected chi connectivity index (χ3v) is 3.96. The van der Waals surface area contributed by atoms with Gasteiger partial charge in [0.25, 0.3) is 0 Å².